The van der Waals surface area contributed by atoms with E-state index in [1.54, 1.807) is 30.4 Å². The van der Waals surface area contributed by atoms with E-state index in [0.29, 0.717) is 24.7 Å². The van der Waals surface area contributed by atoms with Crippen LogP contribution < -0.4 is 4.74 Å². The van der Waals surface area contributed by atoms with Crippen molar-refractivity contribution >= 4 is 17.3 Å². The highest BCUT2D eigenvalue weighted by molar-refractivity contribution is 7.09. The van der Waals surface area contributed by atoms with Crippen molar-refractivity contribution in [3.05, 3.63) is 46.3 Å². The lowest BCUT2D eigenvalue weighted by Gasteiger charge is -2.05. The molecule has 0 aliphatic rings. The van der Waals surface area contributed by atoms with Crippen LogP contribution in [0.3, 0.4) is 0 Å². The van der Waals surface area contributed by atoms with Crippen LogP contribution in [0.15, 0.2) is 35.8 Å². The Bertz CT molecular complexity index is 508. The molecule has 0 N–H and O–H groups in total. The lowest BCUT2D eigenvalue weighted by molar-refractivity contribution is 0.0526. The summed E-state index contributed by atoms with van der Waals surface area (Å²) in [5.41, 5.74) is 0.437. The molecule has 2 rings (SSSR count). The lowest BCUT2D eigenvalue weighted by Crippen LogP contribution is -2.06. The number of esters is 1. The van der Waals surface area contributed by atoms with E-state index in [1.807, 2.05) is 11.4 Å². The van der Waals surface area contributed by atoms with Crippen LogP contribution in [0.2, 0.25) is 0 Å². The molecule has 0 unspecified atom stereocenters. The van der Waals surface area contributed by atoms with Crippen molar-refractivity contribution in [1.82, 2.24) is 4.98 Å². The first kappa shape index (κ1) is 13.5. The minimum Gasteiger partial charge on any atom is -0.477 e. The second-order valence-corrected chi connectivity index (χ2v) is 4.82. The van der Waals surface area contributed by atoms with Gasteiger partial charge in [0, 0.05) is 23.6 Å². The number of carbonyl (C=O) groups excluding carboxylic acids is 1. The van der Waals surface area contributed by atoms with Gasteiger partial charge in [0.15, 0.2) is 0 Å². The summed E-state index contributed by atoms with van der Waals surface area (Å²) in [7, 11) is 0. The average molecular weight is 277 g/mol. The first-order valence-electron chi connectivity index (χ1n) is 6.08. The Kier molecular flexibility index (Phi) is 4.92. The Hall–Kier alpha value is -1.88. The van der Waals surface area contributed by atoms with Crippen LogP contribution in [0.4, 0.5) is 0 Å². The average Bonchev–Trinajstić information content (AvgIpc) is 2.93. The molecule has 2 heterocycles. The number of hydrogen-bond acceptors (Lipinski definition) is 5. The van der Waals surface area contributed by atoms with Gasteiger partial charge in [0.25, 0.3) is 0 Å². The van der Waals surface area contributed by atoms with Crippen LogP contribution in [0.1, 0.15) is 22.2 Å². The molecule has 0 amide bonds. The number of carbonyl (C=O) groups is 1. The molecular formula is C14H15NO3S. The molecule has 0 aliphatic carbocycles. The molecule has 4 nitrogen and oxygen atoms in total. The fourth-order valence-corrected chi connectivity index (χ4v) is 2.20. The van der Waals surface area contributed by atoms with E-state index in [-0.39, 0.29) is 5.97 Å². The Morgan fingerprint density at radius 2 is 2.26 bits per heavy atom. The zero-order valence-electron chi connectivity index (χ0n) is 10.7. The third kappa shape index (κ3) is 4.06. The molecule has 0 aromatic carbocycles. The molecule has 0 fully saturated rings. The van der Waals surface area contributed by atoms with Gasteiger partial charge in [-0.25, -0.2) is 9.78 Å². The molecule has 2 aromatic rings. The van der Waals surface area contributed by atoms with E-state index in [1.165, 1.54) is 11.1 Å². The van der Waals surface area contributed by atoms with Crippen molar-refractivity contribution in [2.24, 2.45) is 0 Å². The Morgan fingerprint density at radius 1 is 1.37 bits per heavy atom. The number of thiophene rings is 1. The van der Waals surface area contributed by atoms with Gasteiger partial charge >= 0.3 is 5.97 Å². The monoisotopic (exact) mass is 277 g/mol. The minimum atomic E-state index is -0.361. The van der Waals surface area contributed by atoms with Crippen molar-refractivity contribution in [3.63, 3.8) is 0 Å². The van der Waals surface area contributed by atoms with E-state index in [9.17, 15) is 4.79 Å². The molecule has 0 spiro atoms. The quantitative estimate of drug-likeness (QED) is 0.762. The summed E-state index contributed by atoms with van der Waals surface area (Å²) in [5, 5.41) is 2.04. The second kappa shape index (κ2) is 6.89. The van der Waals surface area contributed by atoms with E-state index in [2.05, 4.69) is 11.1 Å². The van der Waals surface area contributed by atoms with Crippen LogP contribution in [0.5, 0.6) is 5.88 Å². The van der Waals surface area contributed by atoms with Gasteiger partial charge < -0.3 is 9.47 Å². The van der Waals surface area contributed by atoms with Crippen LogP contribution in [-0.2, 0) is 11.2 Å². The summed E-state index contributed by atoms with van der Waals surface area (Å²) in [6.45, 7) is 2.71. The van der Waals surface area contributed by atoms with Gasteiger partial charge in [-0.1, -0.05) is 6.07 Å². The van der Waals surface area contributed by atoms with Crippen LogP contribution in [0.25, 0.3) is 0 Å². The predicted octanol–water partition coefficient (Wildman–Crippen LogP) is 2.94. The SMILES string of the molecule is CCOC(=O)c1ccc(OCCc2cccs2)nc1. The topological polar surface area (TPSA) is 48.4 Å². The largest absolute Gasteiger partial charge is 0.477 e. The van der Waals surface area contributed by atoms with Crippen molar-refractivity contribution in [2.45, 2.75) is 13.3 Å². The number of aromatic nitrogens is 1. The van der Waals surface area contributed by atoms with Crippen molar-refractivity contribution in [1.29, 1.82) is 0 Å². The molecule has 2 aromatic heterocycles. The maximum Gasteiger partial charge on any atom is 0.339 e. The maximum atomic E-state index is 11.4. The summed E-state index contributed by atoms with van der Waals surface area (Å²) in [6, 6.07) is 7.43. The molecule has 0 radical (unpaired) electrons. The number of hydrogen-bond donors (Lipinski definition) is 0. The number of nitrogens with zero attached hydrogens (tertiary/aromatic N) is 1. The van der Waals surface area contributed by atoms with Crippen LogP contribution >= 0.6 is 11.3 Å². The smallest absolute Gasteiger partial charge is 0.339 e. The summed E-state index contributed by atoms with van der Waals surface area (Å²) >= 11 is 1.71. The first-order chi connectivity index (χ1) is 9.29. The first-order valence-corrected chi connectivity index (χ1v) is 6.96. The fourth-order valence-electron chi connectivity index (χ4n) is 1.51. The summed E-state index contributed by atoms with van der Waals surface area (Å²) < 4.78 is 10.4. The van der Waals surface area contributed by atoms with Gasteiger partial charge in [0.1, 0.15) is 0 Å². The molecule has 19 heavy (non-hydrogen) atoms. The van der Waals surface area contributed by atoms with Gasteiger partial charge in [-0.3, -0.25) is 0 Å². The number of rotatable bonds is 6. The van der Waals surface area contributed by atoms with E-state index in [0.717, 1.165) is 6.42 Å². The normalized spacial score (nSPS) is 10.2. The van der Waals surface area contributed by atoms with Crippen LogP contribution in [0, 0.1) is 0 Å². The Balaban J connectivity index is 1.83. The predicted molar refractivity (Wildman–Crippen MR) is 73.7 cm³/mol. The third-order valence-electron chi connectivity index (χ3n) is 2.43. The van der Waals surface area contributed by atoms with Crippen molar-refractivity contribution in [2.75, 3.05) is 13.2 Å². The van der Waals surface area contributed by atoms with Gasteiger partial charge in [0.2, 0.25) is 5.88 Å². The van der Waals surface area contributed by atoms with Gasteiger partial charge in [-0.05, 0) is 24.4 Å². The van der Waals surface area contributed by atoms with E-state index < -0.39 is 0 Å². The molecule has 0 atom stereocenters. The Morgan fingerprint density at radius 3 is 2.89 bits per heavy atom. The number of ether oxygens (including phenoxy) is 2. The molecular weight excluding hydrogens is 262 g/mol. The van der Waals surface area contributed by atoms with Gasteiger partial charge in [-0.2, -0.15) is 0 Å². The molecule has 5 heteroatoms. The molecule has 0 saturated heterocycles. The molecule has 0 aliphatic heterocycles. The zero-order valence-corrected chi connectivity index (χ0v) is 11.5. The summed E-state index contributed by atoms with van der Waals surface area (Å²) in [6.07, 6.45) is 2.33. The molecule has 0 bridgehead atoms. The lowest BCUT2D eigenvalue weighted by atomic mass is 10.3. The van der Waals surface area contributed by atoms with Gasteiger partial charge in [0.05, 0.1) is 18.8 Å². The Labute approximate surface area is 116 Å². The fraction of sp³-hybridized carbons (Fsp3) is 0.286. The highest BCUT2D eigenvalue weighted by Gasteiger charge is 2.06. The second-order valence-electron chi connectivity index (χ2n) is 3.78. The highest BCUT2D eigenvalue weighted by atomic mass is 32.1. The van der Waals surface area contributed by atoms with Crippen molar-refractivity contribution in [3.8, 4) is 5.88 Å². The van der Waals surface area contributed by atoms with Crippen molar-refractivity contribution < 1.29 is 14.3 Å². The molecule has 0 saturated carbocycles. The standard InChI is InChI=1S/C14H15NO3S/c1-2-17-14(16)11-5-6-13(15-10-11)18-8-7-12-4-3-9-19-12/h3-6,9-10H,2,7-8H2,1H3. The van der Waals surface area contributed by atoms with Gasteiger partial charge in [-0.15, -0.1) is 11.3 Å². The maximum absolute atomic E-state index is 11.4. The van der Waals surface area contributed by atoms with E-state index >= 15 is 0 Å². The number of pyridine rings is 1. The minimum absolute atomic E-state index is 0.359. The third-order valence-corrected chi connectivity index (χ3v) is 3.36. The molecule has 100 valence electrons. The van der Waals surface area contributed by atoms with E-state index in [4.69, 9.17) is 9.47 Å². The van der Waals surface area contributed by atoms with Crippen LogP contribution in [-0.4, -0.2) is 24.2 Å². The summed E-state index contributed by atoms with van der Waals surface area (Å²) in [5.74, 6) is 0.157. The summed E-state index contributed by atoms with van der Waals surface area (Å²) in [4.78, 5) is 16.8. The zero-order chi connectivity index (χ0) is 13.5. The highest BCUT2D eigenvalue weighted by Crippen LogP contribution is 2.12.